The fourth-order valence-corrected chi connectivity index (χ4v) is 1.54. The summed E-state index contributed by atoms with van der Waals surface area (Å²) in [6.07, 6.45) is 4.44. The van der Waals surface area contributed by atoms with Crippen LogP contribution in [-0.4, -0.2) is 25.3 Å². The summed E-state index contributed by atoms with van der Waals surface area (Å²) < 4.78 is 5.39. The first-order valence-corrected chi connectivity index (χ1v) is 3.68. The Morgan fingerprint density at radius 3 is 2.33 bits per heavy atom. The third kappa shape index (κ3) is 0.700. The third-order valence-corrected chi connectivity index (χ3v) is 2.60. The Labute approximate surface area is 55.6 Å². The van der Waals surface area contributed by atoms with Crippen molar-refractivity contribution >= 4 is 0 Å². The van der Waals surface area contributed by atoms with Gasteiger partial charge in [0, 0.05) is 12.1 Å². The van der Waals surface area contributed by atoms with Gasteiger partial charge >= 0.3 is 0 Å². The number of nitrogens with one attached hydrogen (secondary N) is 1. The molecule has 2 nitrogen and oxygen atoms in total. The molecule has 1 aliphatic heterocycles. The highest BCUT2D eigenvalue weighted by molar-refractivity contribution is 5.08. The molecule has 0 radical (unpaired) electrons. The van der Waals surface area contributed by atoms with Crippen LogP contribution in [0.4, 0.5) is 0 Å². The van der Waals surface area contributed by atoms with Crippen molar-refractivity contribution < 1.29 is 4.74 Å². The van der Waals surface area contributed by atoms with Gasteiger partial charge in [0.2, 0.25) is 0 Å². The second-order valence-electron chi connectivity index (χ2n) is 3.05. The topological polar surface area (TPSA) is 21.3 Å². The first-order chi connectivity index (χ1) is 4.37. The SMILES string of the molecule is CNC1(C2CCO2)CC1. The van der Waals surface area contributed by atoms with Crippen LogP contribution < -0.4 is 5.32 Å². The lowest BCUT2D eigenvalue weighted by Gasteiger charge is -2.34. The predicted octanol–water partition coefficient (Wildman–Crippen LogP) is 0.527. The summed E-state index contributed by atoms with van der Waals surface area (Å²) in [6.45, 7) is 0.980. The minimum atomic E-state index is 0.415. The summed E-state index contributed by atoms with van der Waals surface area (Å²) in [7, 11) is 2.04. The molecule has 1 aliphatic carbocycles. The van der Waals surface area contributed by atoms with Crippen LogP contribution in [0.2, 0.25) is 0 Å². The predicted molar refractivity (Wildman–Crippen MR) is 35.4 cm³/mol. The summed E-state index contributed by atoms with van der Waals surface area (Å²) in [5, 5.41) is 3.33. The zero-order valence-electron chi connectivity index (χ0n) is 5.81. The van der Waals surface area contributed by atoms with Gasteiger partial charge < -0.3 is 10.1 Å². The molecule has 1 heterocycles. The lowest BCUT2D eigenvalue weighted by Crippen LogP contribution is -2.47. The van der Waals surface area contributed by atoms with Crippen LogP contribution in [-0.2, 0) is 4.74 Å². The van der Waals surface area contributed by atoms with E-state index in [1.165, 1.54) is 19.3 Å². The molecule has 2 rings (SSSR count). The molecule has 1 atom stereocenters. The maximum atomic E-state index is 5.39. The molecular weight excluding hydrogens is 114 g/mol. The Balaban J connectivity index is 1.94. The van der Waals surface area contributed by atoms with E-state index in [0.29, 0.717) is 11.6 Å². The number of likely N-dealkylation sites (N-methyl/N-ethyl adjacent to an activating group) is 1. The van der Waals surface area contributed by atoms with Crippen LogP contribution >= 0.6 is 0 Å². The van der Waals surface area contributed by atoms with Gasteiger partial charge in [-0.1, -0.05) is 0 Å². The van der Waals surface area contributed by atoms with Crippen LogP contribution in [0.1, 0.15) is 19.3 Å². The van der Waals surface area contributed by atoms with Crippen molar-refractivity contribution in [3.8, 4) is 0 Å². The smallest absolute Gasteiger partial charge is 0.0778 e. The lowest BCUT2D eigenvalue weighted by molar-refractivity contribution is -0.0771. The molecule has 2 fully saturated rings. The Kier molecular flexibility index (Phi) is 1.08. The first-order valence-electron chi connectivity index (χ1n) is 3.68. The monoisotopic (exact) mass is 127 g/mol. The molecule has 0 aromatic heterocycles. The van der Waals surface area contributed by atoms with Crippen molar-refractivity contribution in [1.82, 2.24) is 5.32 Å². The zero-order valence-corrected chi connectivity index (χ0v) is 5.81. The van der Waals surface area contributed by atoms with Crippen molar-refractivity contribution in [3.63, 3.8) is 0 Å². The largest absolute Gasteiger partial charge is 0.376 e. The van der Waals surface area contributed by atoms with Crippen molar-refractivity contribution in [2.24, 2.45) is 0 Å². The molecule has 9 heavy (non-hydrogen) atoms. The van der Waals surface area contributed by atoms with Crippen molar-refractivity contribution in [2.45, 2.75) is 30.9 Å². The van der Waals surface area contributed by atoms with E-state index in [1.807, 2.05) is 7.05 Å². The van der Waals surface area contributed by atoms with E-state index in [9.17, 15) is 0 Å². The number of rotatable bonds is 2. The van der Waals surface area contributed by atoms with Gasteiger partial charge in [0.15, 0.2) is 0 Å². The molecule has 0 aromatic carbocycles. The quantitative estimate of drug-likeness (QED) is 0.584. The van der Waals surface area contributed by atoms with E-state index in [-0.39, 0.29) is 0 Å². The van der Waals surface area contributed by atoms with Gasteiger partial charge in [-0.15, -0.1) is 0 Å². The molecule has 2 aliphatic rings. The second-order valence-corrected chi connectivity index (χ2v) is 3.05. The highest BCUT2D eigenvalue weighted by Gasteiger charge is 2.51. The Morgan fingerprint density at radius 1 is 1.56 bits per heavy atom. The van der Waals surface area contributed by atoms with E-state index in [4.69, 9.17) is 4.74 Å². The highest BCUT2D eigenvalue weighted by Crippen LogP contribution is 2.43. The van der Waals surface area contributed by atoms with Gasteiger partial charge in [0.05, 0.1) is 6.10 Å². The van der Waals surface area contributed by atoms with Gasteiger partial charge in [-0.05, 0) is 26.3 Å². The number of hydrogen-bond acceptors (Lipinski definition) is 2. The number of ether oxygens (including phenoxy) is 1. The number of hydrogen-bond donors (Lipinski definition) is 1. The van der Waals surface area contributed by atoms with E-state index in [1.54, 1.807) is 0 Å². The van der Waals surface area contributed by atoms with Gasteiger partial charge in [-0.3, -0.25) is 0 Å². The van der Waals surface area contributed by atoms with E-state index in [2.05, 4.69) is 5.32 Å². The summed E-state index contributed by atoms with van der Waals surface area (Å²) in [5.41, 5.74) is 0.415. The zero-order chi connectivity index (χ0) is 6.32. The van der Waals surface area contributed by atoms with Crippen molar-refractivity contribution in [2.75, 3.05) is 13.7 Å². The average Bonchev–Trinajstić information content (AvgIpc) is 2.44. The van der Waals surface area contributed by atoms with Gasteiger partial charge in [0.1, 0.15) is 0 Å². The van der Waals surface area contributed by atoms with Crippen LogP contribution in [0.25, 0.3) is 0 Å². The van der Waals surface area contributed by atoms with E-state index in [0.717, 1.165) is 6.61 Å². The Morgan fingerprint density at radius 2 is 2.22 bits per heavy atom. The first kappa shape index (κ1) is 5.69. The van der Waals surface area contributed by atoms with Crippen LogP contribution in [0, 0.1) is 0 Å². The van der Waals surface area contributed by atoms with Gasteiger partial charge in [-0.25, -0.2) is 0 Å². The summed E-state index contributed by atoms with van der Waals surface area (Å²) in [6, 6.07) is 0. The van der Waals surface area contributed by atoms with E-state index < -0.39 is 0 Å². The molecule has 0 spiro atoms. The van der Waals surface area contributed by atoms with E-state index >= 15 is 0 Å². The lowest BCUT2D eigenvalue weighted by atomic mass is 10.0. The summed E-state index contributed by atoms with van der Waals surface area (Å²) in [4.78, 5) is 0. The maximum Gasteiger partial charge on any atom is 0.0778 e. The molecule has 1 N–H and O–H groups in total. The van der Waals surface area contributed by atoms with Crippen molar-refractivity contribution in [1.29, 1.82) is 0 Å². The fraction of sp³-hybridized carbons (Fsp3) is 1.00. The molecule has 2 heteroatoms. The summed E-state index contributed by atoms with van der Waals surface area (Å²) >= 11 is 0. The Hall–Kier alpha value is -0.0800. The molecule has 52 valence electrons. The van der Waals surface area contributed by atoms with Crippen molar-refractivity contribution in [3.05, 3.63) is 0 Å². The van der Waals surface area contributed by atoms with Crippen LogP contribution in [0.5, 0.6) is 0 Å². The minimum absolute atomic E-state index is 0.415. The highest BCUT2D eigenvalue weighted by atomic mass is 16.5. The molecule has 1 unspecified atom stereocenters. The molecular formula is C7H13NO. The molecule has 1 saturated heterocycles. The second kappa shape index (κ2) is 1.70. The third-order valence-electron chi connectivity index (χ3n) is 2.60. The fourth-order valence-electron chi connectivity index (χ4n) is 1.54. The Bertz CT molecular complexity index is 116. The van der Waals surface area contributed by atoms with Gasteiger partial charge in [0.25, 0.3) is 0 Å². The van der Waals surface area contributed by atoms with Crippen LogP contribution in [0.3, 0.4) is 0 Å². The maximum absolute atomic E-state index is 5.39. The normalized spacial score (nSPS) is 37.7. The molecule has 0 aromatic rings. The molecule has 0 bridgehead atoms. The van der Waals surface area contributed by atoms with Crippen LogP contribution in [0.15, 0.2) is 0 Å². The average molecular weight is 127 g/mol. The van der Waals surface area contributed by atoms with Gasteiger partial charge in [-0.2, -0.15) is 0 Å². The summed E-state index contributed by atoms with van der Waals surface area (Å²) in [5.74, 6) is 0. The standard InChI is InChI=1S/C7H13NO/c1-8-7(3-4-7)6-2-5-9-6/h6,8H,2-5H2,1H3. The minimum Gasteiger partial charge on any atom is -0.376 e. The molecule has 1 saturated carbocycles. The molecule has 0 amide bonds.